The first kappa shape index (κ1) is 23.0. The molecule has 1 aromatic carbocycles. The van der Waals surface area contributed by atoms with Crippen molar-refractivity contribution in [2.75, 3.05) is 19.6 Å². The number of carbonyl (C=O) groups excluding carboxylic acids is 1. The van der Waals surface area contributed by atoms with E-state index in [1.165, 1.54) is 17.7 Å². The summed E-state index contributed by atoms with van der Waals surface area (Å²) in [5.41, 5.74) is 3.04. The molecule has 4 rings (SSSR count). The second-order valence-corrected chi connectivity index (χ2v) is 10.2. The molecule has 6 heteroatoms. The fourth-order valence-corrected chi connectivity index (χ4v) is 5.57. The molecule has 174 valence electrons. The minimum atomic E-state index is -0.233. The molecular formula is C26H37FN4O. The standard InChI is InChI=1S/C26H37FN4O/c1-16(2)23-12-19(13-26-29-24-6-5-21(27)14-25(24)30-26)17(3)11-20(23)15-28-22-7-9-31(10-8-22)18(4)32/h5-6,11,14,16,19-20,22-23,28H,7-10,12-13,15H2,1-4H3,(H,29,30)/t19-,20-,23-/m0/s1. The summed E-state index contributed by atoms with van der Waals surface area (Å²) in [5.74, 6) is 3.12. The van der Waals surface area contributed by atoms with Crippen LogP contribution in [0.3, 0.4) is 0 Å². The fourth-order valence-electron chi connectivity index (χ4n) is 5.57. The highest BCUT2D eigenvalue weighted by Crippen LogP contribution is 2.38. The Hall–Kier alpha value is -2.21. The molecule has 0 radical (unpaired) electrons. The Labute approximate surface area is 190 Å². The van der Waals surface area contributed by atoms with Gasteiger partial charge in [-0.05, 0) is 68.1 Å². The molecule has 1 aliphatic carbocycles. The van der Waals surface area contributed by atoms with Gasteiger partial charge in [-0.25, -0.2) is 9.37 Å². The summed E-state index contributed by atoms with van der Waals surface area (Å²) < 4.78 is 13.5. The first-order valence-electron chi connectivity index (χ1n) is 12.1. The number of allylic oxidation sites excluding steroid dienone is 1. The quantitative estimate of drug-likeness (QED) is 0.640. The van der Waals surface area contributed by atoms with E-state index in [1.807, 2.05) is 4.90 Å². The van der Waals surface area contributed by atoms with Gasteiger partial charge in [-0.1, -0.05) is 25.5 Å². The largest absolute Gasteiger partial charge is 0.343 e. The first-order chi connectivity index (χ1) is 15.3. The average Bonchev–Trinajstić information content (AvgIpc) is 3.15. The maximum Gasteiger partial charge on any atom is 0.219 e. The van der Waals surface area contributed by atoms with E-state index in [1.54, 1.807) is 13.0 Å². The number of H-pyrrole nitrogens is 1. The lowest BCUT2D eigenvalue weighted by molar-refractivity contribution is -0.129. The highest BCUT2D eigenvalue weighted by molar-refractivity contribution is 5.75. The fraction of sp³-hybridized carbons (Fsp3) is 0.615. The van der Waals surface area contributed by atoms with E-state index in [9.17, 15) is 9.18 Å². The van der Waals surface area contributed by atoms with Crippen molar-refractivity contribution in [1.29, 1.82) is 0 Å². The van der Waals surface area contributed by atoms with Crippen LogP contribution in [0, 0.1) is 29.5 Å². The lowest BCUT2D eigenvalue weighted by atomic mass is 9.69. The zero-order valence-electron chi connectivity index (χ0n) is 19.8. The van der Waals surface area contributed by atoms with Gasteiger partial charge in [0, 0.05) is 39.0 Å². The van der Waals surface area contributed by atoms with Gasteiger partial charge >= 0.3 is 0 Å². The molecule has 32 heavy (non-hydrogen) atoms. The van der Waals surface area contributed by atoms with Crippen LogP contribution in [0.5, 0.6) is 0 Å². The van der Waals surface area contributed by atoms with E-state index < -0.39 is 0 Å². The molecule has 0 saturated carbocycles. The van der Waals surface area contributed by atoms with Gasteiger partial charge < -0.3 is 15.2 Å². The molecular weight excluding hydrogens is 403 g/mol. The van der Waals surface area contributed by atoms with Crippen molar-refractivity contribution in [3.05, 3.63) is 41.5 Å². The number of rotatable bonds is 6. The van der Waals surface area contributed by atoms with Gasteiger partial charge in [0.25, 0.3) is 0 Å². The van der Waals surface area contributed by atoms with Crippen LogP contribution < -0.4 is 5.32 Å². The molecule has 1 saturated heterocycles. The Kier molecular flexibility index (Phi) is 6.99. The maximum atomic E-state index is 13.5. The first-order valence-corrected chi connectivity index (χ1v) is 12.1. The van der Waals surface area contributed by atoms with Crippen molar-refractivity contribution in [3.8, 4) is 0 Å². The van der Waals surface area contributed by atoms with Gasteiger partial charge in [-0.15, -0.1) is 0 Å². The number of carbonyl (C=O) groups is 1. The van der Waals surface area contributed by atoms with Gasteiger partial charge in [0.1, 0.15) is 11.6 Å². The summed E-state index contributed by atoms with van der Waals surface area (Å²) in [4.78, 5) is 21.5. The average molecular weight is 441 g/mol. The number of fused-ring (bicyclic) bond motifs is 1. The van der Waals surface area contributed by atoms with E-state index in [0.717, 1.165) is 62.2 Å². The van der Waals surface area contributed by atoms with Gasteiger partial charge in [-0.2, -0.15) is 0 Å². The number of likely N-dealkylation sites (tertiary alicyclic amines) is 1. The molecule has 5 nitrogen and oxygen atoms in total. The number of amides is 1. The lowest BCUT2D eigenvalue weighted by Gasteiger charge is -2.39. The summed E-state index contributed by atoms with van der Waals surface area (Å²) in [5, 5.41) is 3.81. The van der Waals surface area contributed by atoms with Crippen LogP contribution in [0.1, 0.15) is 52.8 Å². The van der Waals surface area contributed by atoms with Crippen molar-refractivity contribution in [2.45, 2.75) is 59.4 Å². The second-order valence-electron chi connectivity index (χ2n) is 10.2. The Morgan fingerprint density at radius 3 is 2.75 bits per heavy atom. The van der Waals surface area contributed by atoms with E-state index in [2.05, 4.69) is 37.1 Å². The van der Waals surface area contributed by atoms with Crippen molar-refractivity contribution in [2.24, 2.45) is 23.7 Å². The van der Waals surface area contributed by atoms with Crippen LogP contribution in [-0.4, -0.2) is 46.5 Å². The van der Waals surface area contributed by atoms with Crippen LogP contribution in [-0.2, 0) is 11.2 Å². The predicted octanol–water partition coefficient (Wildman–Crippen LogP) is 4.70. The molecule has 3 atom stereocenters. The molecule has 0 spiro atoms. The minimum absolute atomic E-state index is 0.190. The zero-order chi connectivity index (χ0) is 22.8. The number of halogens is 1. The predicted molar refractivity (Wildman–Crippen MR) is 127 cm³/mol. The third-order valence-electron chi connectivity index (χ3n) is 7.60. The molecule has 0 bridgehead atoms. The molecule has 0 unspecified atom stereocenters. The highest BCUT2D eigenvalue weighted by atomic mass is 19.1. The molecule has 1 aliphatic heterocycles. The van der Waals surface area contributed by atoms with E-state index >= 15 is 0 Å². The number of piperidine rings is 1. The Morgan fingerprint density at radius 1 is 1.31 bits per heavy atom. The van der Waals surface area contributed by atoms with Gasteiger partial charge in [0.15, 0.2) is 0 Å². The van der Waals surface area contributed by atoms with Crippen LogP contribution in [0.2, 0.25) is 0 Å². The summed E-state index contributed by atoms with van der Waals surface area (Å²) in [7, 11) is 0. The van der Waals surface area contributed by atoms with Crippen molar-refractivity contribution in [3.63, 3.8) is 0 Å². The molecule has 2 heterocycles. The van der Waals surface area contributed by atoms with E-state index in [-0.39, 0.29) is 11.7 Å². The monoisotopic (exact) mass is 440 g/mol. The van der Waals surface area contributed by atoms with Crippen LogP contribution in [0.4, 0.5) is 4.39 Å². The molecule has 2 aliphatic rings. The van der Waals surface area contributed by atoms with Crippen molar-refractivity contribution < 1.29 is 9.18 Å². The number of nitrogens with zero attached hydrogens (tertiary/aromatic N) is 2. The molecule has 1 amide bonds. The van der Waals surface area contributed by atoms with Crippen LogP contribution in [0.15, 0.2) is 29.8 Å². The van der Waals surface area contributed by atoms with Crippen LogP contribution >= 0.6 is 0 Å². The Bertz CT molecular complexity index is 973. The maximum absolute atomic E-state index is 13.5. The third-order valence-corrected chi connectivity index (χ3v) is 7.60. The van der Waals surface area contributed by atoms with E-state index in [4.69, 9.17) is 4.98 Å². The summed E-state index contributed by atoms with van der Waals surface area (Å²) >= 11 is 0. The van der Waals surface area contributed by atoms with Crippen LogP contribution in [0.25, 0.3) is 11.0 Å². The molecule has 1 fully saturated rings. The van der Waals surface area contributed by atoms with E-state index in [0.29, 0.717) is 29.7 Å². The summed E-state index contributed by atoms with van der Waals surface area (Å²) in [6, 6.07) is 5.23. The topological polar surface area (TPSA) is 61.0 Å². The zero-order valence-corrected chi connectivity index (χ0v) is 19.8. The number of imidazole rings is 1. The number of aromatic nitrogens is 2. The Morgan fingerprint density at radius 2 is 2.06 bits per heavy atom. The third kappa shape index (κ3) is 5.22. The lowest BCUT2D eigenvalue weighted by Crippen LogP contribution is -2.46. The highest BCUT2D eigenvalue weighted by Gasteiger charge is 2.32. The van der Waals surface area contributed by atoms with Gasteiger partial charge in [0.05, 0.1) is 11.0 Å². The molecule has 2 aromatic rings. The Balaban J connectivity index is 1.39. The number of hydrogen-bond donors (Lipinski definition) is 2. The van der Waals surface area contributed by atoms with Gasteiger partial charge in [-0.3, -0.25) is 4.79 Å². The number of hydrogen-bond acceptors (Lipinski definition) is 3. The summed E-state index contributed by atoms with van der Waals surface area (Å²) in [6.45, 7) is 11.3. The molecule has 1 aromatic heterocycles. The van der Waals surface area contributed by atoms with Crippen molar-refractivity contribution in [1.82, 2.24) is 20.2 Å². The summed E-state index contributed by atoms with van der Waals surface area (Å²) in [6.07, 6.45) is 6.58. The number of benzene rings is 1. The minimum Gasteiger partial charge on any atom is -0.343 e. The number of aromatic amines is 1. The SMILES string of the molecule is CC(=O)N1CCC(NC[C@@H]2C=C(C)[C@H](Cc3nc4ccc(F)cc4[nH]3)C[C@H]2C(C)C)CC1. The smallest absolute Gasteiger partial charge is 0.219 e. The second kappa shape index (κ2) is 9.74. The molecule has 2 N–H and O–H groups in total. The normalized spacial score (nSPS) is 24.9. The van der Waals surface area contributed by atoms with Gasteiger partial charge in [0.2, 0.25) is 5.91 Å². The van der Waals surface area contributed by atoms with Crippen molar-refractivity contribution >= 4 is 16.9 Å². The number of nitrogens with one attached hydrogen (secondary N) is 2.